The lowest BCUT2D eigenvalue weighted by Crippen LogP contribution is -2.16. The first kappa shape index (κ1) is 15.8. The molecule has 0 aliphatic rings. The highest BCUT2D eigenvalue weighted by Crippen LogP contribution is 2.16. The van der Waals surface area contributed by atoms with Gasteiger partial charge in [-0.05, 0) is 12.8 Å². The summed E-state index contributed by atoms with van der Waals surface area (Å²) in [6, 6.07) is 0. The maximum Gasteiger partial charge on any atom is 0.305 e. The molecule has 0 atom stereocenters. The summed E-state index contributed by atoms with van der Waals surface area (Å²) in [5, 5.41) is 0. The second-order valence-corrected chi connectivity index (χ2v) is 6.16. The zero-order chi connectivity index (χ0) is 12.4. The summed E-state index contributed by atoms with van der Waals surface area (Å²) in [5.41, 5.74) is 0. The number of hydrogen-bond acceptors (Lipinski definition) is 3. The Labute approximate surface area is 106 Å². The number of carbonyl (C=O) groups is 1. The third kappa shape index (κ3) is 11.9. The van der Waals surface area contributed by atoms with E-state index in [0.717, 1.165) is 19.3 Å². The predicted octanol–water partition coefficient (Wildman–Crippen LogP) is 3.99. The zero-order valence-electron chi connectivity index (χ0n) is 10.9. The molecule has 0 heterocycles. The molecular formula is C13H26O2S. The third-order valence-corrected chi connectivity index (χ3v) is 2.68. The van der Waals surface area contributed by atoms with Crippen LogP contribution in [0.5, 0.6) is 0 Å². The van der Waals surface area contributed by atoms with Gasteiger partial charge in [0.25, 0.3) is 0 Å². The minimum Gasteiger partial charge on any atom is -0.466 e. The fourth-order valence-electron chi connectivity index (χ4n) is 1.36. The van der Waals surface area contributed by atoms with Crippen molar-refractivity contribution in [2.45, 2.75) is 70.5 Å². The van der Waals surface area contributed by atoms with Crippen LogP contribution in [0, 0.1) is 0 Å². The van der Waals surface area contributed by atoms with E-state index in [4.69, 9.17) is 4.74 Å². The van der Waals surface area contributed by atoms with Gasteiger partial charge in [-0.1, -0.05) is 46.5 Å². The van der Waals surface area contributed by atoms with E-state index in [1.807, 2.05) is 13.8 Å². The summed E-state index contributed by atoms with van der Waals surface area (Å²) in [6.45, 7) is 6.72. The molecule has 0 saturated carbocycles. The highest BCUT2D eigenvalue weighted by molar-refractivity contribution is 7.81. The molecule has 0 bridgehead atoms. The fourth-order valence-corrected chi connectivity index (χ4v) is 1.45. The molecule has 2 nitrogen and oxygen atoms in total. The van der Waals surface area contributed by atoms with Gasteiger partial charge in [0.15, 0.2) is 0 Å². The summed E-state index contributed by atoms with van der Waals surface area (Å²) in [7, 11) is 0. The molecule has 0 amide bonds. The van der Waals surface area contributed by atoms with Gasteiger partial charge in [-0.2, -0.15) is 12.6 Å². The van der Waals surface area contributed by atoms with E-state index in [2.05, 4.69) is 19.6 Å². The first-order valence-corrected chi connectivity index (χ1v) is 6.78. The molecule has 0 saturated heterocycles. The second-order valence-electron chi connectivity index (χ2n) is 4.95. The molecule has 0 aromatic heterocycles. The molecule has 16 heavy (non-hydrogen) atoms. The Hall–Kier alpha value is -0.180. The number of hydrogen-bond donors (Lipinski definition) is 1. The molecule has 0 rings (SSSR count). The van der Waals surface area contributed by atoms with Gasteiger partial charge < -0.3 is 4.74 Å². The van der Waals surface area contributed by atoms with Crippen molar-refractivity contribution in [1.82, 2.24) is 0 Å². The van der Waals surface area contributed by atoms with Crippen LogP contribution in [0.25, 0.3) is 0 Å². The number of thiol groups is 1. The van der Waals surface area contributed by atoms with Crippen LogP contribution in [0.4, 0.5) is 0 Å². The average Bonchev–Trinajstić information content (AvgIpc) is 2.15. The molecule has 0 aliphatic heterocycles. The van der Waals surface area contributed by atoms with Crippen LogP contribution >= 0.6 is 12.6 Å². The largest absolute Gasteiger partial charge is 0.466 e. The van der Waals surface area contributed by atoms with E-state index in [9.17, 15) is 4.79 Å². The predicted molar refractivity (Wildman–Crippen MR) is 72.0 cm³/mol. The van der Waals surface area contributed by atoms with E-state index in [-0.39, 0.29) is 10.7 Å². The molecule has 0 fully saturated rings. The van der Waals surface area contributed by atoms with Gasteiger partial charge in [0.2, 0.25) is 0 Å². The van der Waals surface area contributed by atoms with Crippen molar-refractivity contribution >= 4 is 18.6 Å². The summed E-state index contributed by atoms with van der Waals surface area (Å²) in [4.78, 5) is 11.3. The van der Waals surface area contributed by atoms with Crippen LogP contribution < -0.4 is 0 Å². The SMILES string of the molecule is CCCCCCCC(=O)OCCC(C)(C)S. The Morgan fingerprint density at radius 3 is 2.38 bits per heavy atom. The lowest BCUT2D eigenvalue weighted by molar-refractivity contribution is -0.144. The van der Waals surface area contributed by atoms with Crippen molar-refractivity contribution in [1.29, 1.82) is 0 Å². The molecule has 0 unspecified atom stereocenters. The summed E-state index contributed by atoms with van der Waals surface area (Å²) >= 11 is 4.37. The van der Waals surface area contributed by atoms with Crippen molar-refractivity contribution in [2.75, 3.05) is 6.61 Å². The number of carbonyl (C=O) groups excluding carboxylic acids is 1. The van der Waals surface area contributed by atoms with Crippen molar-refractivity contribution in [2.24, 2.45) is 0 Å². The molecule has 0 aromatic carbocycles. The van der Waals surface area contributed by atoms with Gasteiger partial charge in [-0.3, -0.25) is 4.79 Å². The summed E-state index contributed by atoms with van der Waals surface area (Å²) in [6.07, 6.45) is 7.20. The number of rotatable bonds is 9. The summed E-state index contributed by atoms with van der Waals surface area (Å²) in [5.74, 6) is -0.0610. The van der Waals surface area contributed by atoms with E-state index in [1.165, 1.54) is 19.3 Å². The highest BCUT2D eigenvalue weighted by Gasteiger charge is 2.12. The van der Waals surface area contributed by atoms with Crippen molar-refractivity contribution < 1.29 is 9.53 Å². The second kappa shape index (κ2) is 8.91. The maximum absolute atomic E-state index is 11.3. The van der Waals surface area contributed by atoms with Crippen molar-refractivity contribution in [3.63, 3.8) is 0 Å². The average molecular weight is 246 g/mol. The monoisotopic (exact) mass is 246 g/mol. The lowest BCUT2D eigenvalue weighted by atomic mass is 10.1. The Bertz CT molecular complexity index is 185. The minimum absolute atomic E-state index is 0.0542. The molecule has 0 spiro atoms. The van der Waals surface area contributed by atoms with E-state index in [1.54, 1.807) is 0 Å². The van der Waals surface area contributed by atoms with Crippen LogP contribution in [0.15, 0.2) is 0 Å². The van der Waals surface area contributed by atoms with Crippen molar-refractivity contribution in [3.05, 3.63) is 0 Å². The Kier molecular flexibility index (Phi) is 8.81. The van der Waals surface area contributed by atoms with Crippen LogP contribution in [0.1, 0.15) is 65.7 Å². The standard InChI is InChI=1S/C13H26O2S/c1-4-5-6-7-8-9-12(14)15-11-10-13(2,3)16/h16H,4-11H2,1-3H3. The first-order chi connectivity index (χ1) is 7.45. The van der Waals surface area contributed by atoms with E-state index < -0.39 is 0 Å². The maximum atomic E-state index is 11.3. The quantitative estimate of drug-likeness (QED) is 0.378. The number of ether oxygens (including phenoxy) is 1. The minimum atomic E-state index is -0.0610. The number of esters is 1. The van der Waals surface area contributed by atoms with Crippen LogP contribution in [0.2, 0.25) is 0 Å². The Morgan fingerprint density at radius 1 is 1.19 bits per heavy atom. The molecule has 96 valence electrons. The van der Waals surface area contributed by atoms with Gasteiger partial charge in [0.05, 0.1) is 6.61 Å². The molecular weight excluding hydrogens is 220 g/mol. The van der Waals surface area contributed by atoms with Gasteiger partial charge in [-0.15, -0.1) is 0 Å². The van der Waals surface area contributed by atoms with E-state index >= 15 is 0 Å². The zero-order valence-corrected chi connectivity index (χ0v) is 11.8. The normalized spacial score (nSPS) is 11.5. The van der Waals surface area contributed by atoms with Crippen LogP contribution in [-0.4, -0.2) is 17.3 Å². The summed E-state index contributed by atoms with van der Waals surface area (Å²) < 4.78 is 5.08. The molecule has 0 aromatic rings. The molecule has 0 radical (unpaired) electrons. The smallest absolute Gasteiger partial charge is 0.305 e. The Morgan fingerprint density at radius 2 is 1.81 bits per heavy atom. The first-order valence-electron chi connectivity index (χ1n) is 6.33. The molecule has 0 N–H and O–H groups in total. The van der Waals surface area contributed by atoms with Crippen molar-refractivity contribution in [3.8, 4) is 0 Å². The number of unbranched alkanes of at least 4 members (excludes halogenated alkanes) is 4. The van der Waals surface area contributed by atoms with Crippen LogP contribution in [-0.2, 0) is 9.53 Å². The van der Waals surface area contributed by atoms with Gasteiger partial charge in [0, 0.05) is 11.2 Å². The van der Waals surface area contributed by atoms with Gasteiger partial charge in [-0.25, -0.2) is 0 Å². The Balaban J connectivity index is 3.32. The van der Waals surface area contributed by atoms with Gasteiger partial charge in [0.1, 0.15) is 0 Å². The third-order valence-electron chi connectivity index (χ3n) is 2.46. The molecule has 0 aliphatic carbocycles. The highest BCUT2D eigenvalue weighted by atomic mass is 32.1. The fraction of sp³-hybridized carbons (Fsp3) is 0.923. The van der Waals surface area contributed by atoms with Gasteiger partial charge >= 0.3 is 5.97 Å². The molecule has 3 heteroatoms. The van der Waals surface area contributed by atoms with Crippen LogP contribution in [0.3, 0.4) is 0 Å². The lowest BCUT2D eigenvalue weighted by Gasteiger charge is -2.16. The topological polar surface area (TPSA) is 26.3 Å². The van der Waals surface area contributed by atoms with E-state index in [0.29, 0.717) is 13.0 Å².